The number of rotatable bonds is 8. The summed E-state index contributed by atoms with van der Waals surface area (Å²) < 4.78 is 2.33. The van der Waals surface area contributed by atoms with Crippen LogP contribution < -0.4 is 10.9 Å². The second-order valence-corrected chi connectivity index (χ2v) is 8.40. The molecule has 158 valence electrons. The number of pyridine rings is 1. The molecule has 2 aromatic carbocycles. The molecule has 0 saturated carbocycles. The van der Waals surface area contributed by atoms with Gasteiger partial charge in [0.25, 0.3) is 11.5 Å². The van der Waals surface area contributed by atoms with E-state index >= 15 is 0 Å². The SMILES string of the molecule is CCCCCCCn1c(=O)c(C(=O)Nc2ccc(C)cc2Br)c(O)c2ccccc21. The van der Waals surface area contributed by atoms with Gasteiger partial charge in [0.1, 0.15) is 11.3 Å². The predicted molar refractivity (Wildman–Crippen MR) is 125 cm³/mol. The number of hydrogen-bond acceptors (Lipinski definition) is 3. The van der Waals surface area contributed by atoms with E-state index in [-0.39, 0.29) is 11.3 Å². The molecule has 0 fully saturated rings. The average Bonchev–Trinajstić information content (AvgIpc) is 2.72. The Hall–Kier alpha value is -2.60. The highest BCUT2D eigenvalue weighted by atomic mass is 79.9. The summed E-state index contributed by atoms with van der Waals surface area (Å²) in [5.41, 5.74) is 1.53. The molecule has 2 N–H and O–H groups in total. The van der Waals surface area contributed by atoms with Gasteiger partial charge < -0.3 is 15.0 Å². The molecule has 0 bridgehead atoms. The number of nitrogens with zero attached hydrogens (tertiary/aromatic N) is 1. The van der Waals surface area contributed by atoms with Crippen LogP contribution in [0, 0.1) is 6.92 Å². The van der Waals surface area contributed by atoms with E-state index in [1.54, 1.807) is 28.8 Å². The Morgan fingerprint density at radius 3 is 2.57 bits per heavy atom. The topological polar surface area (TPSA) is 71.3 Å². The Bertz CT molecular complexity index is 1120. The van der Waals surface area contributed by atoms with Gasteiger partial charge in [0.2, 0.25) is 0 Å². The molecule has 1 heterocycles. The smallest absolute Gasteiger partial charge is 0.267 e. The molecule has 6 heteroatoms. The first-order valence-electron chi connectivity index (χ1n) is 10.4. The van der Waals surface area contributed by atoms with E-state index in [1.165, 1.54) is 6.42 Å². The number of carbonyl (C=O) groups is 1. The van der Waals surface area contributed by atoms with E-state index in [0.717, 1.165) is 31.2 Å². The van der Waals surface area contributed by atoms with Crippen LogP contribution >= 0.6 is 15.9 Å². The number of para-hydroxylation sites is 1. The van der Waals surface area contributed by atoms with Crippen LogP contribution in [0.25, 0.3) is 10.9 Å². The molecular formula is C24H27BrN2O3. The number of anilines is 1. The summed E-state index contributed by atoms with van der Waals surface area (Å²) in [7, 11) is 0. The quantitative estimate of drug-likeness (QED) is 0.396. The van der Waals surface area contributed by atoms with Gasteiger partial charge in [-0.25, -0.2) is 0 Å². The first kappa shape index (κ1) is 22.1. The van der Waals surface area contributed by atoms with Gasteiger partial charge in [-0.3, -0.25) is 9.59 Å². The van der Waals surface area contributed by atoms with Crippen LogP contribution in [0.1, 0.15) is 54.9 Å². The summed E-state index contributed by atoms with van der Waals surface area (Å²) in [5, 5.41) is 14.0. The van der Waals surface area contributed by atoms with E-state index in [1.807, 2.05) is 25.1 Å². The van der Waals surface area contributed by atoms with Gasteiger partial charge in [0.05, 0.1) is 11.2 Å². The van der Waals surface area contributed by atoms with Crippen molar-refractivity contribution >= 4 is 38.4 Å². The van der Waals surface area contributed by atoms with Crippen molar-refractivity contribution in [3.63, 3.8) is 0 Å². The van der Waals surface area contributed by atoms with Gasteiger partial charge in [-0.05, 0) is 59.1 Å². The van der Waals surface area contributed by atoms with Gasteiger partial charge in [-0.15, -0.1) is 0 Å². The van der Waals surface area contributed by atoms with Crippen molar-refractivity contribution in [2.45, 2.75) is 52.5 Å². The van der Waals surface area contributed by atoms with Crippen molar-refractivity contribution in [3.8, 4) is 5.75 Å². The first-order valence-corrected chi connectivity index (χ1v) is 11.1. The number of unbranched alkanes of at least 4 members (excludes halogenated alkanes) is 4. The van der Waals surface area contributed by atoms with Gasteiger partial charge in [-0.2, -0.15) is 0 Å². The van der Waals surface area contributed by atoms with Crippen LogP contribution in [-0.2, 0) is 6.54 Å². The Labute approximate surface area is 184 Å². The molecule has 3 aromatic rings. The summed E-state index contributed by atoms with van der Waals surface area (Å²) >= 11 is 3.43. The Kier molecular flexibility index (Phi) is 7.32. The van der Waals surface area contributed by atoms with Crippen LogP contribution in [0.15, 0.2) is 51.7 Å². The van der Waals surface area contributed by atoms with Crippen molar-refractivity contribution in [1.29, 1.82) is 0 Å². The maximum absolute atomic E-state index is 13.2. The maximum Gasteiger partial charge on any atom is 0.267 e. The highest BCUT2D eigenvalue weighted by Crippen LogP contribution is 2.29. The number of aromatic nitrogens is 1. The molecule has 0 unspecified atom stereocenters. The highest BCUT2D eigenvalue weighted by Gasteiger charge is 2.22. The highest BCUT2D eigenvalue weighted by molar-refractivity contribution is 9.10. The fourth-order valence-electron chi connectivity index (χ4n) is 3.60. The molecule has 0 radical (unpaired) electrons. The lowest BCUT2D eigenvalue weighted by atomic mass is 10.1. The van der Waals surface area contributed by atoms with E-state index in [2.05, 4.69) is 28.2 Å². The zero-order chi connectivity index (χ0) is 21.7. The van der Waals surface area contributed by atoms with Crippen molar-refractivity contribution < 1.29 is 9.90 Å². The van der Waals surface area contributed by atoms with Crippen molar-refractivity contribution in [3.05, 3.63) is 68.4 Å². The number of hydrogen-bond donors (Lipinski definition) is 2. The maximum atomic E-state index is 13.2. The molecule has 5 nitrogen and oxygen atoms in total. The fraction of sp³-hybridized carbons (Fsp3) is 0.333. The predicted octanol–water partition coefficient (Wildman–Crippen LogP) is 6.00. The summed E-state index contributed by atoms with van der Waals surface area (Å²) in [6, 6.07) is 12.7. The Morgan fingerprint density at radius 2 is 1.83 bits per heavy atom. The van der Waals surface area contributed by atoms with Crippen LogP contribution in [-0.4, -0.2) is 15.6 Å². The number of amides is 1. The van der Waals surface area contributed by atoms with Gasteiger partial charge >= 0.3 is 0 Å². The molecule has 0 atom stereocenters. The van der Waals surface area contributed by atoms with Crippen LogP contribution in [0.3, 0.4) is 0 Å². The minimum Gasteiger partial charge on any atom is -0.506 e. The average molecular weight is 471 g/mol. The molecule has 0 spiro atoms. The number of fused-ring (bicyclic) bond motifs is 1. The summed E-state index contributed by atoms with van der Waals surface area (Å²) in [5.74, 6) is -0.897. The molecule has 30 heavy (non-hydrogen) atoms. The fourth-order valence-corrected chi connectivity index (χ4v) is 4.19. The Balaban J connectivity index is 1.99. The monoisotopic (exact) mass is 470 g/mol. The minimum absolute atomic E-state index is 0.227. The lowest BCUT2D eigenvalue weighted by molar-refractivity contribution is 0.102. The van der Waals surface area contributed by atoms with Crippen LogP contribution in [0.5, 0.6) is 5.75 Å². The zero-order valence-corrected chi connectivity index (χ0v) is 19.0. The molecular weight excluding hydrogens is 444 g/mol. The van der Waals surface area contributed by atoms with Crippen molar-refractivity contribution in [2.24, 2.45) is 0 Å². The third-order valence-electron chi connectivity index (χ3n) is 5.23. The second kappa shape index (κ2) is 9.94. The third-order valence-corrected chi connectivity index (χ3v) is 5.89. The largest absolute Gasteiger partial charge is 0.506 e. The number of carbonyl (C=O) groups excluding carboxylic acids is 1. The lowest BCUT2D eigenvalue weighted by Gasteiger charge is -2.15. The standard InChI is InChI=1S/C24H27BrN2O3/c1-3-4-5-6-9-14-27-20-11-8-7-10-17(20)22(28)21(24(27)30)23(29)26-19-13-12-16(2)15-18(19)25/h7-8,10-13,15,28H,3-6,9,14H2,1-2H3,(H,26,29). The number of halogens is 1. The number of benzene rings is 2. The summed E-state index contributed by atoms with van der Waals surface area (Å²) in [4.78, 5) is 26.2. The zero-order valence-electron chi connectivity index (χ0n) is 17.4. The molecule has 0 aliphatic heterocycles. The number of aryl methyl sites for hydroxylation is 2. The second-order valence-electron chi connectivity index (χ2n) is 7.55. The molecule has 1 amide bonds. The van der Waals surface area contributed by atoms with Gasteiger partial charge in [0.15, 0.2) is 0 Å². The van der Waals surface area contributed by atoms with E-state index in [9.17, 15) is 14.7 Å². The summed E-state index contributed by atoms with van der Waals surface area (Å²) in [6.45, 7) is 4.62. The van der Waals surface area contributed by atoms with Crippen LogP contribution in [0.4, 0.5) is 5.69 Å². The molecule has 0 saturated heterocycles. The number of nitrogens with one attached hydrogen (secondary N) is 1. The first-order chi connectivity index (χ1) is 14.4. The summed E-state index contributed by atoms with van der Waals surface area (Å²) in [6.07, 6.45) is 5.31. The minimum atomic E-state index is -0.618. The van der Waals surface area contributed by atoms with Crippen LogP contribution in [0.2, 0.25) is 0 Å². The third kappa shape index (κ3) is 4.75. The van der Waals surface area contributed by atoms with Gasteiger partial charge in [-0.1, -0.05) is 50.8 Å². The van der Waals surface area contributed by atoms with Gasteiger partial charge in [0, 0.05) is 16.4 Å². The van der Waals surface area contributed by atoms with Crippen molar-refractivity contribution in [2.75, 3.05) is 5.32 Å². The Morgan fingerprint density at radius 1 is 1.10 bits per heavy atom. The number of aromatic hydroxyl groups is 1. The van der Waals surface area contributed by atoms with E-state index in [4.69, 9.17) is 0 Å². The molecule has 0 aliphatic rings. The molecule has 0 aliphatic carbocycles. The normalized spacial score (nSPS) is 11.0. The molecule has 3 rings (SSSR count). The molecule has 1 aromatic heterocycles. The van der Waals surface area contributed by atoms with E-state index in [0.29, 0.717) is 27.6 Å². The van der Waals surface area contributed by atoms with Crippen molar-refractivity contribution in [1.82, 2.24) is 4.57 Å². The van der Waals surface area contributed by atoms with E-state index < -0.39 is 11.5 Å². The lowest BCUT2D eigenvalue weighted by Crippen LogP contribution is -2.30.